The molecule has 0 spiro atoms. The van der Waals surface area contributed by atoms with Crippen LogP contribution in [0, 0.1) is 13.8 Å². The summed E-state index contributed by atoms with van der Waals surface area (Å²) in [5.74, 6) is 2.21. The third-order valence-corrected chi connectivity index (χ3v) is 8.50. The van der Waals surface area contributed by atoms with Crippen LogP contribution in [0.15, 0.2) is 42.5 Å². The first kappa shape index (κ1) is 27.0. The van der Waals surface area contributed by atoms with E-state index in [2.05, 4.69) is 32.0 Å². The van der Waals surface area contributed by atoms with Gasteiger partial charge in [0, 0.05) is 35.4 Å². The number of halogens is 1. The van der Waals surface area contributed by atoms with E-state index in [4.69, 9.17) is 35.3 Å². The van der Waals surface area contributed by atoms with Gasteiger partial charge in [-0.25, -0.2) is 0 Å². The number of carbonyl (C=O) groups is 1. The number of hydrogen-bond acceptors (Lipinski definition) is 6. The molecule has 0 aromatic heterocycles. The minimum atomic E-state index is -0.232. The second-order valence-corrected chi connectivity index (χ2v) is 11.5. The fraction of sp³-hybridized carbons (Fsp3) is 0.424. The molecule has 0 amide bonds. The molecule has 3 aliphatic rings. The summed E-state index contributed by atoms with van der Waals surface area (Å²) < 4.78 is 29.0. The van der Waals surface area contributed by atoms with Gasteiger partial charge < -0.3 is 23.7 Å². The highest BCUT2D eigenvalue weighted by molar-refractivity contribution is 6.31. The standard InChI is InChI=1S/C33H35ClO6/c1-19-12-25(39-23-8-10-37-11-9-23)13-20(2)33(19)29-16-22(34)15-28-27(29)6-7-30(28)40-24-4-5-26-21(14-32(35)36-3)18-38-31(26)17-24/h4-5,12-13,15-17,21,23,30H,6-11,14,18H2,1-3H3/t21-,30-/m1/s1. The van der Waals surface area contributed by atoms with E-state index in [0.717, 1.165) is 67.3 Å². The first-order valence-electron chi connectivity index (χ1n) is 14.1. The average molecular weight is 563 g/mol. The van der Waals surface area contributed by atoms with Crippen molar-refractivity contribution in [1.82, 2.24) is 0 Å². The van der Waals surface area contributed by atoms with Gasteiger partial charge in [-0.15, -0.1) is 0 Å². The SMILES string of the molecule is COC(=O)C[C@@H]1COc2cc(O[C@@H]3CCc4c(-c5c(C)cc(OC6CCOCC6)cc5C)cc(Cl)cc43)ccc21. The normalized spacial score (nSPS) is 20.0. The predicted octanol–water partition coefficient (Wildman–Crippen LogP) is 7.29. The number of methoxy groups -OCH3 is 1. The van der Waals surface area contributed by atoms with Gasteiger partial charge >= 0.3 is 5.97 Å². The maximum Gasteiger partial charge on any atom is 0.306 e. The second kappa shape index (κ2) is 11.3. The molecule has 210 valence electrons. The number of benzene rings is 3. The highest BCUT2D eigenvalue weighted by atomic mass is 35.5. The third-order valence-electron chi connectivity index (χ3n) is 8.28. The molecule has 6 nitrogen and oxygen atoms in total. The molecule has 3 aromatic carbocycles. The Labute approximate surface area is 240 Å². The van der Waals surface area contributed by atoms with E-state index in [1.807, 2.05) is 24.3 Å². The molecular formula is C33H35ClO6. The monoisotopic (exact) mass is 562 g/mol. The van der Waals surface area contributed by atoms with Crippen molar-refractivity contribution < 1.29 is 28.5 Å². The van der Waals surface area contributed by atoms with E-state index in [1.165, 1.54) is 34.9 Å². The molecule has 2 atom stereocenters. The van der Waals surface area contributed by atoms with Crippen molar-refractivity contribution in [3.05, 3.63) is 75.3 Å². The number of ether oxygens (including phenoxy) is 5. The maximum atomic E-state index is 11.8. The largest absolute Gasteiger partial charge is 0.492 e. The summed E-state index contributed by atoms with van der Waals surface area (Å²) in [4.78, 5) is 11.8. The van der Waals surface area contributed by atoms with Crippen molar-refractivity contribution in [2.75, 3.05) is 26.9 Å². The van der Waals surface area contributed by atoms with Crippen LogP contribution in [0.5, 0.6) is 17.2 Å². The third kappa shape index (κ3) is 5.39. The van der Waals surface area contributed by atoms with Gasteiger partial charge in [0.2, 0.25) is 0 Å². The van der Waals surface area contributed by atoms with Crippen LogP contribution in [0.2, 0.25) is 5.02 Å². The lowest BCUT2D eigenvalue weighted by Gasteiger charge is -2.24. The molecule has 0 radical (unpaired) electrons. The van der Waals surface area contributed by atoms with Gasteiger partial charge in [0.15, 0.2) is 0 Å². The van der Waals surface area contributed by atoms with Crippen LogP contribution < -0.4 is 14.2 Å². The number of hydrogen-bond donors (Lipinski definition) is 0. The number of fused-ring (bicyclic) bond motifs is 2. The maximum absolute atomic E-state index is 11.8. The number of esters is 1. The van der Waals surface area contributed by atoms with Gasteiger partial charge in [-0.2, -0.15) is 0 Å². The fourth-order valence-electron chi connectivity index (χ4n) is 6.35. The number of aryl methyl sites for hydroxylation is 2. The Bertz CT molecular complexity index is 1400. The highest BCUT2D eigenvalue weighted by Gasteiger charge is 2.31. The van der Waals surface area contributed by atoms with E-state index in [1.54, 1.807) is 0 Å². The van der Waals surface area contributed by atoms with E-state index in [-0.39, 0.29) is 24.1 Å². The molecule has 1 saturated heterocycles. The molecule has 7 heteroatoms. The molecule has 2 aliphatic heterocycles. The first-order chi connectivity index (χ1) is 19.4. The zero-order valence-corrected chi connectivity index (χ0v) is 24.0. The van der Waals surface area contributed by atoms with Crippen LogP contribution >= 0.6 is 11.6 Å². The summed E-state index contributed by atoms with van der Waals surface area (Å²) in [5, 5.41) is 0.702. The Morgan fingerprint density at radius 1 is 0.950 bits per heavy atom. The molecular weight excluding hydrogens is 528 g/mol. The molecule has 0 N–H and O–H groups in total. The van der Waals surface area contributed by atoms with Gasteiger partial charge in [0.05, 0.1) is 33.4 Å². The summed E-state index contributed by atoms with van der Waals surface area (Å²) in [5.41, 5.74) is 8.17. The molecule has 6 rings (SSSR count). The minimum Gasteiger partial charge on any atom is -0.492 e. The van der Waals surface area contributed by atoms with Gasteiger partial charge in [-0.3, -0.25) is 4.79 Å². The van der Waals surface area contributed by atoms with Crippen LogP contribution in [-0.4, -0.2) is 39.0 Å². The van der Waals surface area contributed by atoms with Gasteiger partial charge in [0.1, 0.15) is 29.5 Å². The first-order valence-corrected chi connectivity index (χ1v) is 14.5. The van der Waals surface area contributed by atoms with Crippen molar-refractivity contribution in [2.45, 2.75) is 64.1 Å². The zero-order chi connectivity index (χ0) is 27.8. The van der Waals surface area contributed by atoms with E-state index < -0.39 is 0 Å². The molecule has 0 saturated carbocycles. The zero-order valence-electron chi connectivity index (χ0n) is 23.3. The molecule has 0 unspecified atom stereocenters. The summed E-state index contributed by atoms with van der Waals surface area (Å²) >= 11 is 6.71. The average Bonchev–Trinajstić information content (AvgIpc) is 3.52. The van der Waals surface area contributed by atoms with Gasteiger partial charge in [-0.05, 0) is 90.4 Å². The van der Waals surface area contributed by atoms with Crippen molar-refractivity contribution >= 4 is 17.6 Å². The smallest absolute Gasteiger partial charge is 0.306 e. The predicted molar refractivity (Wildman–Crippen MR) is 154 cm³/mol. The molecule has 1 aliphatic carbocycles. The van der Waals surface area contributed by atoms with Gasteiger partial charge in [0.25, 0.3) is 0 Å². The van der Waals surface area contributed by atoms with E-state index in [9.17, 15) is 4.79 Å². The van der Waals surface area contributed by atoms with Crippen molar-refractivity contribution in [1.29, 1.82) is 0 Å². The van der Waals surface area contributed by atoms with Crippen LogP contribution in [0.4, 0.5) is 0 Å². The Kier molecular flexibility index (Phi) is 7.65. The second-order valence-electron chi connectivity index (χ2n) is 11.0. The van der Waals surface area contributed by atoms with Crippen molar-refractivity contribution in [3.8, 4) is 28.4 Å². The molecule has 2 heterocycles. The molecule has 3 aromatic rings. The Hall–Kier alpha value is -3.22. The molecule has 0 bridgehead atoms. The number of rotatable bonds is 7. The number of carbonyl (C=O) groups excluding carboxylic acids is 1. The Morgan fingerprint density at radius 3 is 2.48 bits per heavy atom. The van der Waals surface area contributed by atoms with E-state index in [0.29, 0.717) is 18.1 Å². The quantitative estimate of drug-likeness (QED) is 0.282. The summed E-state index contributed by atoms with van der Waals surface area (Å²) in [6, 6.07) is 14.3. The minimum absolute atomic E-state index is 0.00465. The van der Waals surface area contributed by atoms with Crippen LogP contribution in [-0.2, 0) is 20.7 Å². The lowest BCUT2D eigenvalue weighted by atomic mass is 9.90. The lowest BCUT2D eigenvalue weighted by Crippen LogP contribution is -2.25. The summed E-state index contributed by atoms with van der Waals surface area (Å²) in [6.07, 6.45) is 4.04. The van der Waals surface area contributed by atoms with Crippen LogP contribution in [0.25, 0.3) is 11.1 Å². The van der Waals surface area contributed by atoms with Crippen LogP contribution in [0.3, 0.4) is 0 Å². The highest BCUT2D eigenvalue weighted by Crippen LogP contribution is 2.45. The summed E-state index contributed by atoms with van der Waals surface area (Å²) in [7, 11) is 1.41. The fourth-order valence-corrected chi connectivity index (χ4v) is 6.58. The van der Waals surface area contributed by atoms with Crippen molar-refractivity contribution in [2.24, 2.45) is 0 Å². The lowest BCUT2D eigenvalue weighted by molar-refractivity contribution is -0.141. The van der Waals surface area contributed by atoms with E-state index >= 15 is 0 Å². The summed E-state index contributed by atoms with van der Waals surface area (Å²) in [6.45, 7) is 6.28. The Morgan fingerprint density at radius 2 is 1.73 bits per heavy atom. The molecule has 1 fully saturated rings. The topological polar surface area (TPSA) is 63.2 Å². The van der Waals surface area contributed by atoms with Gasteiger partial charge in [-0.1, -0.05) is 17.7 Å². The Balaban J connectivity index is 1.24. The molecule has 40 heavy (non-hydrogen) atoms. The van der Waals surface area contributed by atoms with Crippen LogP contribution in [0.1, 0.15) is 65.5 Å². The van der Waals surface area contributed by atoms with Crippen molar-refractivity contribution in [3.63, 3.8) is 0 Å².